The van der Waals surface area contributed by atoms with Gasteiger partial charge >= 0.3 is 0 Å². The Bertz CT molecular complexity index is 1090. The van der Waals surface area contributed by atoms with Crippen LogP contribution in [0.5, 0.6) is 5.75 Å². The molecule has 3 aromatic rings. The van der Waals surface area contributed by atoms with Crippen LogP contribution in [-0.4, -0.2) is 21.9 Å². The molecule has 2 heterocycles. The molecular formula is C21H14FNO5. The van der Waals surface area contributed by atoms with Gasteiger partial charge in [0.05, 0.1) is 17.5 Å². The van der Waals surface area contributed by atoms with Crippen molar-refractivity contribution >= 4 is 23.1 Å². The zero-order valence-corrected chi connectivity index (χ0v) is 14.4. The van der Waals surface area contributed by atoms with Gasteiger partial charge in [-0.05, 0) is 48.5 Å². The number of aromatic hydroxyl groups is 1. The monoisotopic (exact) mass is 379 g/mol. The summed E-state index contributed by atoms with van der Waals surface area (Å²) in [6.07, 6.45) is 1.37. The molecule has 0 aliphatic carbocycles. The Hall–Kier alpha value is -3.87. The lowest BCUT2D eigenvalue weighted by Crippen LogP contribution is -2.29. The molecule has 0 bridgehead atoms. The van der Waals surface area contributed by atoms with Crippen molar-refractivity contribution in [1.82, 2.24) is 0 Å². The van der Waals surface area contributed by atoms with E-state index in [4.69, 9.17) is 4.42 Å². The topological polar surface area (TPSA) is 91.0 Å². The first kappa shape index (κ1) is 17.5. The molecule has 0 spiro atoms. The largest absolute Gasteiger partial charge is 0.507 e. The third kappa shape index (κ3) is 2.73. The molecule has 6 nitrogen and oxygen atoms in total. The molecule has 2 N–H and O–H groups in total. The van der Waals surface area contributed by atoms with Crippen molar-refractivity contribution in [2.75, 3.05) is 4.90 Å². The molecule has 1 aliphatic rings. The van der Waals surface area contributed by atoms with E-state index in [1.54, 1.807) is 24.3 Å². The molecule has 1 aliphatic heterocycles. The minimum absolute atomic E-state index is 0.101. The second kappa shape index (κ2) is 6.70. The normalized spacial score (nSPS) is 18.6. The summed E-state index contributed by atoms with van der Waals surface area (Å²) in [5, 5.41) is 21.0. The van der Waals surface area contributed by atoms with Crippen molar-refractivity contribution in [3.8, 4) is 5.75 Å². The van der Waals surface area contributed by atoms with Crippen LogP contribution in [0, 0.1) is 5.82 Å². The fourth-order valence-corrected chi connectivity index (χ4v) is 3.23. The van der Waals surface area contributed by atoms with E-state index in [2.05, 4.69) is 0 Å². The fourth-order valence-electron chi connectivity index (χ4n) is 3.23. The van der Waals surface area contributed by atoms with E-state index in [0.717, 1.165) is 17.0 Å². The maximum absolute atomic E-state index is 13.2. The van der Waals surface area contributed by atoms with Crippen LogP contribution in [0.3, 0.4) is 0 Å². The van der Waals surface area contributed by atoms with Crippen LogP contribution in [0.2, 0.25) is 0 Å². The lowest BCUT2D eigenvalue weighted by atomic mass is 9.99. The van der Waals surface area contributed by atoms with Crippen molar-refractivity contribution in [3.63, 3.8) is 0 Å². The van der Waals surface area contributed by atoms with Crippen molar-refractivity contribution in [2.24, 2.45) is 0 Å². The van der Waals surface area contributed by atoms with Gasteiger partial charge in [0.2, 0.25) is 0 Å². The van der Waals surface area contributed by atoms with Crippen molar-refractivity contribution in [2.45, 2.75) is 6.04 Å². The number of para-hydroxylation sites is 2. The van der Waals surface area contributed by atoms with Gasteiger partial charge in [0.1, 0.15) is 29.1 Å². The SMILES string of the molecule is O=C1C(=O)N(c2ccccc2O)C(c2ccco2)/C1=C(/O)c1ccc(F)cc1. The number of nitrogens with zero attached hydrogens (tertiary/aromatic N) is 1. The van der Waals surface area contributed by atoms with Crippen LogP contribution in [-0.2, 0) is 9.59 Å². The average molecular weight is 379 g/mol. The summed E-state index contributed by atoms with van der Waals surface area (Å²) >= 11 is 0. The molecule has 7 heteroatoms. The Kier molecular flexibility index (Phi) is 4.19. The Labute approximate surface area is 158 Å². The van der Waals surface area contributed by atoms with E-state index < -0.39 is 29.3 Å². The minimum Gasteiger partial charge on any atom is -0.507 e. The summed E-state index contributed by atoms with van der Waals surface area (Å²) in [6, 6.07) is 13.0. The number of Topliss-reactive ketones (excluding diaryl/α,β-unsaturated/α-hetero) is 1. The van der Waals surface area contributed by atoms with E-state index in [1.807, 2.05) is 0 Å². The number of phenols is 1. The van der Waals surface area contributed by atoms with E-state index in [-0.39, 0.29) is 28.3 Å². The van der Waals surface area contributed by atoms with Gasteiger partial charge in [0.25, 0.3) is 11.7 Å². The van der Waals surface area contributed by atoms with Crippen LogP contribution in [0.25, 0.3) is 5.76 Å². The predicted octanol–water partition coefficient (Wildman–Crippen LogP) is 3.75. The van der Waals surface area contributed by atoms with Crippen LogP contribution in [0.1, 0.15) is 17.4 Å². The Morgan fingerprint density at radius 1 is 1.00 bits per heavy atom. The lowest BCUT2D eigenvalue weighted by Gasteiger charge is -2.23. The molecular weight excluding hydrogens is 365 g/mol. The maximum atomic E-state index is 13.2. The molecule has 0 saturated carbocycles. The highest BCUT2D eigenvalue weighted by molar-refractivity contribution is 6.51. The molecule has 1 saturated heterocycles. The van der Waals surface area contributed by atoms with Crippen LogP contribution >= 0.6 is 0 Å². The second-order valence-electron chi connectivity index (χ2n) is 6.18. The van der Waals surface area contributed by atoms with E-state index in [1.165, 1.54) is 30.5 Å². The number of carbonyl (C=O) groups excluding carboxylic acids is 2. The number of hydrogen-bond donors (Lipinski definition) is 2. The molecule has 2 aromatic carbocycles. The number of carbonyl (C=O) groups is 2. The number of rotatable bonds is 3. The van der Waals surface area contributed by atoms with Gasteiger partial charge in [-0.1, -0.05) is 12.1 Å². The molecule has 1 aromatic heterocycles. The summed E-state index contributed by atoms with van der Waals surface area (Å²) in [5.41, 5.74) is 0.0622. The molecule has 1 unspecified atom stereocenters. The van der Waals surface area contributed by atoms with Gasteiger partial charge in [-0.25, -0.2) is 4.39 Å². The summed E-state index contributed by atoms with van der Waals surface area (Å²) in [7, 11) is 0. The number of aliphatic hydroxyl groups excluding tert-OH is 1. The van der Waals surface area contributed by atoms with Gasteiger partial charge in [-0.3, -0.25) is 14.5 Å². The number of furan rings is 1. The molecule has 28 heavy (non-hydrogen) atoms. The molecule has 140 valence electrons. The van der Waals surface area contributed by atoms with Gasteiger partial charge in [-0.15, -0.1) is 0 Å². The number of amides is 1. The summed E-state index contributed by atoms with van der Waals surface area (Å²) in [6.45, 7) is 0. The third-order valence-corrected chi connectivity index (χ3v) is 4.52. The molecule has 1 atom stereocenters. The number of aliphatic hydroxyl groups is 1. The zero-order valence-electron chi connectivity index (χ0n) is 14.4. The summed E-state index contributed by atoms with van der Waals surface area (Å²) < 4.78 is 18.6. The smallest absolute Gasteiger partial charge is 0.300 e. The standard InChI is InChI=1S/C21H14FNO5/c22-13-9-7-12(8-10-13)19(25)17-18(16-6-3-11-28-16)23(21(27)20(17)26)14-4-1-2-5-15(14)24/h1-11,18,24-25H/b19-17-. The highest BCUT2D eigenvalue weighted by atomic mass is 19.1. The average Bonchev–Trinajstić information content (AvgIpc) is 3.30. The first-order valence-electron chi connectivity index (χ1n) is 8.37. The molecule has 0 radical (unpaired) electrons. The van der Waals surface area contributed by atoms with Gasteiger partial charge in [-0.2, -0.15) is 0 Å². The van der Waals surface area contributed by atoms with E-state index in [9.17, 15) is 24.2 Å². The van der Waals surface area contributed by atoms with Crippen molar-refractivity contribution < 1.29 is 28.6 Å². The Morgan fingerprint density at radius 2 is 1.71 bits per heavy atom. The summed E-state index contributed by atoms with van der Waals surface area (Å²) in [4.78, 5) is 26.6. The Balaban J connectivity index is 1.94. The van der Waals surface area contributed by atoms with E-state index >= 15 is 0 Å². The van der Waals surface area contributed by atoms with Crippen molar-refractivity contribution in [3.05, 3.63) is 89.6 Å². The second-order valence-corrected chi connectivity index (χ2v) is 6.18. The number of phenolic OH excluding ortho intramolecular Hbond substituents is 1. The quantitative estimate of drug-likeness (QED) is 0.411. The lowest BCUT2D eigenvalue weighted by molar-refractivity contribution is -0.132. The fraction of sp³-hybridized carbons (Fsp3) is 0.0476. The van der Waals surface area contributed by atoms with Crippen LogP contribution in [0.15, 0.2) is 76.9 Å². The predicted molar refractivity (Wildman–Crippen MR) is 98.0 cm³/mol. The maximum Gasteiger partial charge on any atom is 0.300 e. The zero-order chi connectivity index (χ0) is 19.8. The highest BCUT2D eigenvalue weighted by Crippen LogP contribution is 2.44. The molecule has 1 amide bonds. The number of anilines is 1. The number of benzene rings is 2. The highest BCUT2D eigenvalue weighted by Gasteiger charge is 2.48. The Morgan fingerprint density at radius 3 is 2.36 bits per heavy atom. The van der Waals surface area contributed by atoms with Crippen LogP contribution < -0.4 is 4.90 Å². The van der Waals surface area contributed by atoms with Gasteiger partial charge in [0.15, 0.2) is 0 Å². The van der Waals surface area contributed by atoms with Crippen molar-refractivity contribution in [1.29, 1.82) is 0 Å². The first-order chi connectivity index (χ1) is 13.5. The van der Waals surface area contributed by atoms with Gasteiger partial charge in [0, 0.05) is 5.56 Å². The summed E-state index contributed by atoms with van der Waals surface area (Å²) in [5.74, 6) is -2.81. The first-order valence-corrected chi connectivity index (χ1v) is 8.37. The molecule has 1 fully saturated rings. The van der Waals surface area contributed by atoms with E-state index in [0.29, 0.717) is 0 Å². The van der Waals surface area contributed by atoms with Gasteiger partial charge < -0.3 is 14.6 Å². The number of ketones is 1. The third-order valence-electron chi connectivity index (χ3n) is 4.52. The van der Waals surface area contributed by atoms with Crippen LogP contribution in [0.4, 0.5) is 10.1 Å². The minimum atomic E-state index is -1.09. The number of halogens is 1. The number of hydrogen-bond acceptors (Lipinski definition) is 5. The molecule has 4 rings (SSSR count).